The fraction of sp³-hybridized carbons (Fsp3) is 0.0952. The molecule has 4 aromatic rings. The minimum Gasteiger partial charge on any atom is -0.455 e. The second-order valence-electron chi connectivity index (χ2n) is 6.35. The van der Waals surface area contributed by atoms with Gasteiger partial charge in [0.2, 0.25) is 17.3 Å². The molecule has 29 heavy (non-hydrogen) atoms. The van der Waals surface area contributed by atoms with Crippen molar-refractivity contribution in [2.75, 3.05) is 11.6 Å². The van der Waals surface area contributed by atoms with Crippen LogP contribution in [0.25, 0.3) is 22.6 Å². The van der Waals surface area contributed by atoms with E-state index >= 15 is 0 Å². The highest BCUT2D eigenvalue weighted by Crippen LogP contribution is 2.40. The predicted octanol–water partition coefficient (Wildman–Crippen LogP) is 5.79. The molecule has 2 aromatic heterocycles. The van der Waals surface area contributed by atoms with Gasteiger partial charge >= 0.3 is 0 Å². The molecule has 0 radical (unpaired) electrons. The molecule has 1 atom stereocenters. The van der Waals surface area contributed by atoms with Gasteiger partial charge in [-0.1, -0.05) is 58.0 Å². The molecular formula is C21H15BrN4O2S. The van der Waals surface area contributed by atoms with Crippen molar-refractivity contribution >= 4 is 33.4 Å². The molecule has 0 fully saturated rings. The first-order valence-corrected chi connectivity index (χ1v) is 10.9. The largest absolute Gasteiger partial charge is 0.455 e. The Hall–Kier alpha value is -2.84. The van der Waals surface area contributed by atoms with Crippen LogP contribution in [0.4, 0.5) is 5.69 Å². The van der Waals surface area contributed by atoms with E-state index in [1.807, 2.05) is 66.9 Å². The van der Waals surface area contributed by atoms with Crippen molar-refractivity contribution in [1.82, 2.24) is 15.2 Å². The Balaban J connectivity index is 1.56. The third-order valence-electron chi connectivity index (χ3n) is 4.53. The molecule has 3 heterocycles. The van der Waals surface area contributed by atoms with Gasteiger partial charge in [-0.3, -0.25) is 0 Å². The van der Waals surface area contributed by atoms with Crippen LogP contribution in [0.2, 0.25) is 0 Å². The average Bonchev–Trinajstić information content (AvgIpc) is 3.18. The number of hydrogen-bond acceptors (Lipinski definition) is 7. The van der Waals surface area contributed by atoms with Crippen LogP contribution >= 0.6 is 27.7 Å². The highest BCUT2D eigenvalue weighted by molar-refractivity contribution is 9.10. The Morgan fingerprint density at radius 2 is 1.83 bits per heavy atom. The van der Waals surface area contributed by atoms with Crippen LogP contribution in [0.3, 0.4) is 0 Å². The number of furan rings is 1. The van der Waals surface area contributed by atoms with Gasteiger partial charge in [-0.2, -0.15) is 4.98 Å². The molecule has 0 bridgehead atoms. The van der Waals surface area contributed by atoms with Crippen molar-refractivity contribution in [3.8, 4) is 28.5 Å². The van der Waals surface area contributed by atoms with E-state index in [0.717, 1.165) is 27.0 Å². The summed E-state index contributed by atoms with van der Waals surface area (Å²) in [6.45, 7) is 0. The average molecular weight is 467 g/mol. The van der Waals surface area contributed by atoms with Gasteiger partial charge in [-0.25, -0.2) is 0 Å². The van der Waals surface area contributed by atoms with Crippen LogP contribution in [0.15, 0.2) is 74.7 Å². The monoisotopic (exact) mass is 466 g/mol. The molecule has 0 spiro atoms. The molecule has 0 unspecified atom stereocenters. The number of ether oxygens (including phenoxy) is 1. The minimum absolute atomic E-state index is 0.424. The highest BCUT2D eigenvalue weighted by Gasteiger charge is 2.27. The van der Waals surface area contributed by atoms with Gasteiger partial charge in [0.25, 0.3) is 0 Å². The molecule has 0 aliphatic carbocycles. The number of anilines is 1. The van der Waals surface area contributed by atoms with Crippen molar-refractivity contribution in [3.05, 3.63) is 70.9 Å². The number of benzene rings is 2. The minimum atomic E-state index is -0.548. The maximum atomic E-state index is 6.20. The zero-order valence-electron chi connectivity index (χ0n) is 15.3. The summed E-state index contributed by atoms with van der Waals surface area (Å²) in [6.07, 6.45) is 1.36. The number of thioether (sulfide) groups is 1. The quantitative estimate of drug-likeness (QED) is 0.383. The van der Waals surface area contributed by atoms with Crippen LogP contribution in [0.5, 0.6) is 5.88 Å². The Morgan fingerprint density at radius 1 is 1.00 bits per heavy atom. The van der Waals surface area contributed by atoms with Crippen LogP contribution in [0.1, 0.15) is 12.0 Å². The normalized spacial score (nSPS) is 14.9. The number of halogens is 1. The molecule has 5 rings (SSSR count). The van der Waals surface area contributed by atoms with Crippen LogP contribution in [0, 0.1) is 0 Å². The summed E-state index contributed by atoms with van der Waals surface area (Å²) in [7, 11) is 0. The Kier molecular flexibility index (Phi) is 4.73. The maximum Gasteiger partial charge on any atom is 0.247 e. The molecule has 0 amide bonds. The van der Waals surface area contributed by atoms with E-state index in [1.165, 1.54) is 11.8 Å². The van der Waals surface area contributed by atoms with Gasteiger partial charge in [0.15, 0.2) is 11.5 Å². The molecule has 1 aliphatic rings. The molecule has 6 nitrogen and oxygen atoms in total. The van der Waals surface area contributed by atoms with Crippen LogP contribution in [-0.4, -0.2) is 21.4 Å². The van der Waals surface area contributed by atoms with E-state index in [1.54, 1.807) is 0 Å². The van der Waals surface area contributed by atoms with Gasteiger partial charge in [-0.15, -0.1) is 10.2 Å². The number of rotatable bonds is 3. The second kappa shape index (κ2) is 7.53. The molecular weight excluding hydrogens is 452 g/mol. The van der Waals surface area contributed by atoms with Crippen molar-refractivity contribution in [1.29, 1.82) is 0 Å². The van der Waals surface area contributed by atoms with Gasteiger partial charge in [0.1, 0.15) is 5.76 Å². The SMILES string of the molecule is CSc1nnc2c(n1)O[C@@H](c1ccc(-c3ccc(Br)cc3)o1)Nc1ccccc1-2. The summed E-state index contributed by atoms with van der Waals surface area (Å²) in [5.74, 6) is 1.84. The van der Waals surface area contributed by atoms with Gasteiger partial charge in [0.05, 0.1) is 0 Å². The standard InChI is InChI=1S/C21H15BrN4O2S/c1-29-21-24-20-18(25-26-21)14-4-2-3-5-15(14)23-19(28-20)17-11-10-16(27-17)12-6-8-13(22)9-7-12/h2-11,19,23H,1H3/t19-/m0/s1. The summed E-state index contributed by atoms with van der Waals surface area (Å²) < 4.78 is 13.3. The Morgan fingerprint density at radius 3 is 2.66 bits per heavy atom. The number of fused-ring (bicyclic) bond motifs is 3. The number of para-hydroxylation sites is 1. The third kappa shape index (κ3) is 3.49. The highest BCUT2D eigenvalue weighted by atomic mass is 79.9. The van der Waals surface area contributed by atoms with E-state index in [-0.39, 0.29) is 0 Å². The third-order valence-corrected chi connectivity index (χ3v) is 5.60. The summed E-state index contributed by atoms with van der Waals surface area (Å²) in [5.41, 5.74) is 3.36. The number of hydrogen-bond donors (Lipinski definition) is 1. The predicted molar refractivity (Wildman–Crippen MR) is 116 cm³/mol. The molecule has 144 valence electrons. The molecule has 1 aliphatic heterocycles. The zero-order valence-corrected chi connectivity index (χ0v) is 17.7. The second-order valence-corrected chi connectivity index (χ2v) is 8.04. The van der Waals surface area contributed by atoms with E-state index < -0.39 is 6.23 Å². The lowest BCUT2D eigenvalue weighted by molar-refractivity contribution is 0.196. The van der Waals surface area contributed by atoms with E-state index in [9.17, 15) is 0 Å². The molecule has 8 heteroatoms. The number of nitrogens with zero attached hydrogens (tertiary/aromatic N) is 3. The first-order chi connectivity index (χ1) is 14.2. The van der Waals surface area contributed by atoms with Gasteiger partial charge < -0.3 is 14.5 Å². The number of aromatic nitrogens is 3. The molecule has 0 saturated carbocycles. The van der Waals surface area contributed by atoms with Crippen molar-refractivity contribution in [2.45, 2.75) is 11.4 Å². The van der Waals surface area contributed by atoms with E-state index in [2.05, 4.69) is 36.4 Å². The van der Waals surface area contributed by atoms with Gasteiger partial charge in [0, 0.05) is 21.3 Å². The Labute approximate surface area is 179 Å². The smallest absolute Gasteiger partial charge is 0.247 e. The lowest BCUT2D eigenvalue weighted by Crippen LogP contribution is -2.16. The molecule has 2 aromatic carbocycles. The summed E-state index contributed by atoms with van der Waals surface area (Å²) in [4.78, 5) is 4.52. The van der Waals surface area contributed by atoms with Crippen molar-refractivity contribution < 1.29 is 9.15 Å². The summed E-state index contributed by atoms with van der Waals surface area (Å²) >= 11 is 4.87. The van der Waals surface area contributed by atoms with Crippen LogP contribution in [-0.2, 0) is 0 Å². The maximum absolute atomic E-state index is 6.20. The molecule has 0 saturated heterocycles. The van der Waals surface area contributed by atoms with Crippen LogP contribution < -0.4 is 10.1 Å². The fourth-order valence-electron chi connectivity index (χ4n) is 3.13. The fourth-order valence-corrected chi connectivity index (χ4v) is 3.69. The van der Waals surface area contributed by atoms with E-state index in [4.69, 9.17) is 9.15 Å². The number of nitrogens with one attached hydrogen (secondary N) is 1. The lowest BCUT2D eigenvalue weighted by atomic mass is 10.1. The topological polar surface area (TPSA) is 73.1 Å². The zero-order chi connectivity index (χ0) is 19.8. The molecule has 1 N–H and O–H groups in total. The first kappa shape index (κ1) is 18.2. The van der Waals surface area contributed by atoms with E-state index in [0.29, 0.717) is 22.5 Å². The Bertz CT molecular complexity index is 1180. The van der Waals surface area contributed by atoms with Crippen molar-refractivity contribution in [3.63, 3.8) is 0 Å². The summed E-state index contributed by atoms with van der Waals surface area (Å²) in [5, 5.41) is 12.5. The lowest BCUT2D eigenvalue weighted by Gasteiger charge is -2.16. The summed E-state index contributed by atoms with van der Waals surface area (Å²) in [6, 6.07) is 19.7. The van der Waals surface area contributed by atoms with Crippen molar-refractivity contribution in [2.24, 2.45) is 0 Å². The van der Waals surface area contributed by atoms with Gasteiger partial charge in [-0.05, 0) is 36.6 Å². The first-order valence-electron chi connectivity index (χ1n) is 8.88.